The summed E-state index contributed by atoms with van der Waals surface area (Å²) in [7, 11) is 0. The number of nitrogens with zero attached hydrogens (tertiary/aromatic N) is 2. The maximum atomic E-state index is 14.0. The molecule has 1 heterocycles. The molecule has 1 aliphatic rings. The van der Waals surface area contributed by atoms with E-state index in [0.29, 0.717) is 6.54 Å². The number of hydrogen-bond donors (Lipinski definition) is 1. The summed E-state index contributed by atoms with van der Waals surface area (Å²) in [5.74, 6) is -0.146. The van der Waals surface area contributed by atoms with Gasteiger partial charge in [0.2, 0.25) is 0 Å². The molecule has 1 fully saturated rings. The molecule has 3 nitrogen and oxygen atoms in total. The second-order valence-corrected chi connectivity index (χ2v) is 6.89. The first-order valence-corrected chi connectivity index (χ1v) is 9.02. The third kappa shape index (κ3) is 4.66. The van der Waals surface area contributed by atoms with E-state index in [4.69, 9.17) is 0 Å². The smallest absolute Gasteiger partial charge is 0.127 e. The summed E-state index contributed by atoms with van der Waals surface area (Å²) in [4.78, 5) is 4.75. The van der Waals surface area contributed by atoms with Crippen LogP contribution in [-0.2, 0) is 13.1 Å². The minimum atomic E-state index is -0.146. The summed E-state index contributed by atoms with van der Waals surface area (Å²) < 4.78 is 14.0. The van der Waals surface area contributed by atoms with Crippen LogP contribution < -0.4 is 0 Å². The van der Waals surface area contributed by atoms with Crippen LogP contribution in [-0.4, -0.2) is 47.2 Å². The highest BCUT2D eigenvalue weighted by molar-refractivity contribution is 5.25. The molecule has 0 aliphatic carbocycles. The van der Waals surface area contributed by atoms with E-state index >= 15 is 0 Å². The van der Waals surface area contributed by atoms with Crippen LogP contribution in [0.4, 0.5) is 4.39 Å². The number of aryl methyl sites for hydroxylation is 1. The van der Waals surface area contributed by atoms with E-state index in [2.05, 4.69) is 41.0 Å². The van der Waals surface area contributed by atoms with Crippen molar-refractivity contribution in [1.82, 2.24) is 9.80 Å². The summed E-state index contributed by atoms with van der Waals surface area (Å²) in [5, 5.41) is 9.46. The van der Waals surface area contributed by atoms with Crippen LogP contribution in [0.5, 0.6) is 0 Å². The summed E-state index contributed by atoms with van der Waals surface area (Å²) in [5.41, 5.74) is 3.40. The Kier molecular flexibility index (Phi) is 6.19. The lowest BCUT2D eigenvalue weighted by atomic mass is 10.0. The zero-order valence-corrected chi connectivity index (χ0v) is 14.9. The molecule has 4 heteroatoms. The van der Waals surface area contributed by atoms with Crippen LogP contribution in [0.1, 0.15) is 23.1 Å². The molecule has 1 N–H and O–H groups in total. The molecule has 0 bridgehead atoms. The molecule has 0 aromatic heterocycles. The molecule has 0 saturated carbocycles. The Labute approximate surface area is 149 Å². The molecule has 25 heavy (non-hydrogen) atoms. The van der Waals surface area contributed by atoms with Crippen LogP contribution in [0.3, 0.4) is 0 Å². The highest BCUT2D eigenvalue weighted by atomic mass is 19.1. The summed E-state index contributed by atoms with van der Waals surface area (Å²) in [6, 6.07) is 15.7. The number of piperazine rings is 1. The second-order valence-electron chi connectivity index (χ2n) is 6.89. The average Bonchev–Trinajstić information content (AvgIpc) is 2.61. The summed E-state index contributed by atoms with van der Waals surface area (Å²) in [6.45, 7) is 6.61. The van der Waals surface area contributed by atoms with Crippen molar-refractivity contribution in [3.8, 4) is 0 Å². The molecule has 1 atom stereocenters. The first-order chi connectivity index (χ1) is 12.2. The fourth-order valence-corrected chi connectivity index (χ4v) is 3.61. The van der Waals surface area contributed by atoms with Crippen LogP contribution in [0.25, 0.3) is 0 Å². The fraction of sp³-hybridized carbons (Fsp3) is 0.429. The second kappa shape index (κ2) is 8.56. The Morgan fingerprint density at radius 2 is 1.72 bits per heavy atom. The van der Waals surface area contributed by atoms with Gasteiger partial charge < -0.3 is 5.11 Å². The van der Waals surface area contributed by atoms with Crippen molar-refractivity contribution in [2.24, 2.45) is 0 Å². The van der Waals surface area contributed by atoms with E-state index in [1.165, 1.54) is 17.2 Å². The first-order valence-electron chi connectivity index (χ1n) is 9.02. The van der Waals surface area contributed by atoms with E-state index in [9.17, 15) is 9.50 Å². The molecule has 0 radical (unpaired) electrons. The molecule has 0 spiro atoms. The number of rotatable bonds is 6. The van der Waals surface area contributed by atoms with Crippen LogP contribution in [0.15, 0.2) is 48.5 Å². The van der Waals surface area contributed by atoms with Crippen molar-refractivity contribution >= 4 is 0 Å². The van der Waals surface area contributed by atoms with E-state index in [0.717, 1.165) is 38.2 Å². The van der Waals surface area contributed by atoms with Gasteiger partial charge in [-0.25, -0.2) is 4.39 Å². The number of halogens is 1. The maximum Gasteiger partial charge on any atom is 0.127 e. The molecule has 134 valence electrons. The molecule has 2 aromatic rings. The zero-order chi connectivity index (χ0) is 17.6. The topological polar surface area (TPSA) is 26.7 Å². The predicted octanol–water partition coefficient (Wildman–Crippen LogP) is 3.20. The minimum Gasteiger partial charge on any atom is -0.396 e. The third-order valence-electron chi connectivity index (χ3n) is 5.14. The molecular formula is C21H27FN2O. The van der Waals surface area contributed by atoms with Gasteiger partial charge in [0.25, 0.3) is 0 Å². The van der Waals surface area contributed by atoms with Crippen LogP contribution in [0, 0.1) is 12.7 Å². The van der Waals surface area contributed by atoms with Gasteiger partial charge in [-0.2, -0.15) is 0 Å². The van der Waals surface area contributed by atoms with E-state index in [1.807, 2.05) is 12.1 Å². The Morgan fingerprint density at radius 1 is 1.00 bits per heavy atom. The number of hydrogen-bond acceptors (Lipinski definition) is 3. The van der Waals surface area contributed by atoms with Gasteiger partial charge in [0.15, 0.2) is 0 Å². The lowest BCUT2D eigenvalue weighted by molar-refractivity contribution is 0.0492. The quantitative estimate of drug-likeness (QED) is 0.873. The molecular weight excluding hydrogens is 315 g/mol. The lowest BCUT2D eigenvalue weighted by Crippen LogP contribution is -2.52. The van der Waals surface area contributed by atoms with Gasteiger partial charge in [0.1, 0.15) is 5.82 Å². The highest BCUT2D eigenvalue weighted by Gasteiger charge is 2.27. The van der Waals surface area contributed by atoms with E-state index < -0.39 is 0 Å². The van der Waals surface area contributed by atoms with Gasteiger partial charge in [-0.15, -0.1) is 0 Å². The zero-order valence-electron chi connectivity index (χ0n) is 14.9. The van der Waals surface area contributed by atoms with Gasteiger partial charge in [0, 0.05) is 50.9 Å². The summed E-state index contributed by atoms with van der Waals surface area (Å²) >= 11 is 0. The van der Waals surface area contributed by atoms with Gasteiger partial charge in [0.05, 0.1) is 0 Å². The SMILES string of the molecule is Cc1ccccc1CN1CCN(Cc2ccccc2F)[C@@H](CCO)C1. The van der Waals surface area contributed by atoms with Crippen molar-refractivity contribution in [3.05, 3.63) is 71.0 Å². The number of benzene rings is 2. The van der Waals surface area contributed by atoms with Crippen molar-refractivity contribution in [3.63, 3.8) is 0 Å². The average molecular weight is 342 g/mol. The normalized spacial score (nSPS) is 19.2. The van der Waals surface area contributed by atoms with E-state index in [-0.39, 0.29) is 18.5 Å². The highest BCUT2D eigenvalue weighted by Crippen LogP contribution is 2.20. The largest absolute Gasteiger partial charge is 0.396 e. The van der Waals surface area contributed by atoms with E-state index in [1.54, 1.807) is 6.07 Å². The fourth-order valence-electron chi connectivity index (χ4n) is 3.61. The molecule has 3 rings (SSSR count). The van der Waals surface area contributed by atoms with Crippen molar-refractivity contribution < 1.29 is 9.50 Å². The number of aliphatic hydroxyl groups excluding tert-OH is 1. The van der Waals surface area contributed by atoms with Crippen molar-refractivity contribution in [1.29, 1.82) is 0 Å². The Morgan fingerprint density at radius 3 is 2.44 bits per heavy atom. The Hall–Kier alpha value is -1.75. The molecule has 1 aliphatic heterocycles. The Bertz CT molecular complexity index is 691. The lowest BCUT2D eigenvalue weighted by Gasteiger charge is -2.41. The van der Waals surface area contributed by atoms with Gasteiger partial charge in [-0.3, -0.25) is 9.80 Å². The minimum absolute atomic E-state index is 0.146. The third-order valence-corrected chi connectivity index (χ3v) is 5.14. The summed E-state index contributed by atoms with van der Waals surface area (Å²) in [6.07, 6.45) is 0.721. The molecule has 1 saturated heterocycles. The standard InChI is InChI=1S/C21H27FN2O/c1-17-6-2-3-7-18(17)14-23-11-12-24(20(16-23)10-13-25)15-19-8-4-5-9-21(19)22/h2-9,20,25H,10-16H2,1H3/t20-/m0/s1. The molecule has 0 amide bonds. The number of aliphatic hydroxyl groups is 1. The van der Waals surface area contributed by atoms with Crippen molar-refractivity contribution in [2.45, 2.75) is 32.5 Å². The van der Waals surface area contributed by atoms with Gasteiger partial charge in [-0.1, -0.05) is 42.5 Å². The first kappa shape index (κ1) is 18.1. The van der Waals surface area contributed by atoms with Crippen LogP contribution >= 0.6 is 0 Å². The molecule has 2 aromatic carbocycles. The maximum absolute atomic E-state index is 14.0. The van der Waals surface area contributed by atoms with Crippen LogP contribution in [0.2, 0.25) is 0 Å². The van der Waals surface area contributed by atoms with Crippen molar-refractivity contribution in [2.75, 3.05) is 26.2 Å². The predicted molar refractivity (Wildman–Crippen MR) is 98.8 cm³/mol. The Balaban J connectivity index is 1.66. The molecule has 0 unspecified atom stereocenters. The monoisotopic (exact) mass is 342 g/mol. The van der Waals surface area contributed by atoms with Gasteiger partial charge >= 0.3 is 0 Å². The van der Waals surface area contributed by atoms with Gasteiger partial charge in [-0.05, 0) is 30.5 Å².